The number of carbonyl (C=O) groups is 2. The van der Waals surface area contributed by atoms with Crippen molar-refractivity contribution >= 4 is 27.4 Å². The van der Waals surface area contributed by atoms with Crippen molar-refractivity contribution in [3.05, 3.63) is 76.6 Å². The van der Waals surface area contributed by atoms with E-state index in [1.165, 1.54) is 30.4 Å². The molecule has 1 amide bonds. The van der Waals surface area contributed by atoms with Crippen LogP contribution in [-0.2, 0) is 40.5 Å². The lowest BCUT2D eigenvalue weighted by Gasteiger charge is -2.16. The Balaban J connectivity index is 1.43. The van der Waals surface area contributed by atoms with E-state index in [2.05, 4.69) is 11.4 Å². The van der Waals surface area contributed by atoms with Crippen LogP contribution in [0, 0.1) is 0 Å². The van der Waals surface area contributed by atoms with Crippen molar-refractivity contribution in [1.29, 1.82) is 0 Å². The summed E-state index contributed by atoms with van der Waals surface area (Å²) in [5.41, 5.74) is 7.29. The van der Waals surface area contributed by atoms with E-state index in [1.807, 2.05) is 30.3 Å². The molecular weight excluding hydrogens is 436 g/mol. The van der Waals surface area contributed by atoms with Gasteiger partial charge in [0.05, 0.1) is 0 Å². The Hall–Kier alpha value is -3.19. The highest BCUT2D eigenvalue weighted by molar-refractivity contribution is 7.90. The summed E-state index contributed by atoms with van der Waals surface area (Å²) in [6.07, 6.45) is 8.66. The van der Waals surface area contributed by atoms with Gasteiger partial charge in [-0.3, -0.25) is 13.6 Å². The molecule has 0 aliphatic heterocycles. The number of rotatable bonds is 6. The van der Waals surface area contributed by atoms with Crippen molar-refractivity contribution in [1.82, 2.24) is 3.97 Å². The van der Waals surface area contributed by atoms with Gasteiger partial charge in [0, 0.05) is 29.2 Å². The first-order valence-corrected chi connectivity index (χ1v) is 12.9. The number of amides is 1. The van der Waals surface area contributed by atoms with Crippen LogP contribution < -0.4 is 5.32 Å². The number of carbonyl (C=O) groups excluding carboxylic acids is 2. The van der Waals surface area contributed by atoms with Gasteiger partial charge in [0.2, 0.25) is 15.9 Å². The van der Waals surface area contributed by atoms with E-state index in [0.29, 0.717) is 11.1 Å². The van der Waals surface area contributed by atoms with Crippen LogP contribution in [0.1, 0.15) is 52.4 Å². The predicted molar refractivity (Wildman–Crippen MR) is 128 cm³/mol. The summed E-state index contributed by atoms with van der Waals surface area (Å²) in [5, 5.41) is 2.95. The fourth-order valence-electron chi connectivity index (χ4n) is 5.10. The molecule has 0 spiro atoms. The molecule has 6 nitrogen and oxygen atoms in total. The van der Waals surface area contributed by atoms with E-state index in [0.717, 1.165) is 64.9 Å². The van der Waals surface area contributed by atoms with Crippen molar-refractivity contribution in [3.63, 3.8) is 0 Å². The predicted octanol–water partition coefficient (Wildman–Crippen LogP) is 4.15. The Kier molecular flexibility index (Phi) is 5.44. The molecule has 0 unspecified atom stereocenters. The van der Waals surface area contributed by atoms with Crippen LogP contribution in [0.5, 0.6) is 0 Å². The molecular formula is C26H26N2O4S. The Bertz CT molecular complexity index is 1340. The Morgan fingerprint density at radius 3 is 2.18 bits per heavy atom. The molecule has 0 fully saturated rings. The number of anilines is 1. The van der Waals surface area contributed by atoms with Gasteiger partial charge in [-0.1, -0.05) is 36.4 Å². The molecule has 5 rings (SSSR count). The molecule has 33 heavy (non-hydrogen) atoms. The van der Waals surface area contributed by atoms with Crippen molar-refractivity contribution in [2.24, 2.45) is 0 Å². The molecule has 2 aromatic carbocycles. The van der Waals surface area contributed by atoms with Crippen LogP contribution in [0.15, 0.2) is 48.8 Å². The number of fused-ring (bicyclic) bond motifs is 2. The van der Waals surface area contributed by atoms with Crippen LogP contribution in [-0.4, -0.2) is 29.8 Å². The number of benzene rings is 2. The molecule has 0 radical (unpaired) electrons. The lowest BCUT2D eigenvalue weighted by molar-refractivity contribution is -0.113. The van der Waals surface area contributed by atoms with Gasteiger partial charge < -0.3 is 5.32 Å². The van der Waals surface area contributed by atoms with Gasteiger partial charge in [-0.2, -0.15) is 0 Å². The van der Waals surface area contributed by atoms with Gasteiger partial charge in [0.15, 0.2) is 5.78 Å². The fourth-order valence-corrected chi connectivity index (χ4v) is 6.19. The number of aromatic nitrogens is 1. The summed E-state index contributed by atoms with van der Waals surface area (Å²) in [7, 11) is -4.00. The summed E-state index contributed by atoms with van der Waals surface area (Å²) in [4.78, 5) is 25.1. The van der Waals surface area contributed by atoms with E-state index in [4.69, 9.17) is 0 Å². The SMILES string of the molecule is CC(=O)c1cn(S(=O)(=O)CC(=O)Nc2c3c(cc4c2CCC4)CCC3)cc1-c1ccccc1. The van der Waals surface area contributed by atoms with Gasteiger partial charge in [-0.15, -0.1) is 0 Å². The van der Waals surface area contributed by atoms with E-state index < -0.39 is 21.7 Å². The van der Waals surface area contributed by atoms with Crippen LogP contribution >= 0.6 is 0 Å². The smallest absolute Gasteiger partial charge is 0.247 e. The number of nitrogens with one attached hydrogen (secondary N) is 1. The largest absolute Gasteiger partial charge is 0.325 e. The second-order valence-electron chi connectivity index (χ2n) is 8.88. The number of Topliss-reactive ketones (excluding diaryl/α,β-unsaturated/α-hetero) is 1. The first kappa shape index (κ1) is 21.6. The molecule has 170 valence electrons. The summed E-state index contributed by atoms with van der Waals surface area (Å²) < 4.78 is 27.2. The van der Waals surface area contributed by atoms with Crippen LogP contribution in [0.2, 0.25) is 0 Å². The maximum atomic E-state index is 13.1. The Labute approximate surface area is 193 Å². The second kappa shape index (κ2) is 8.30. The molecule has 2 aliphatic rings. The van der Waals surface area contributed by atoms with Crippen LogP contribution in [0.25, 0.3) is 11.1 Å². The molecule has 0 bridgehead atoms. The number of ketones is 1. The summed E-state index contributed by atoms with van der Waals surface area (Å²) in [6, 6.07) is 11.4. The molecule has 2 aliphatic carbocycles. The molecule has 0 saturated heterocycles. The first-order chi connectivity index (χ1) is 15.8. The standard InChI is InChI=1S/C26H26N2O4S/c1-17(29)23-14-28(15-24(23)18-7-3-2-4-8-18)33(31,32)16-25(30)27-26-21-11-5-9-19(21)13-20-10-6-12-22(20)26/h2-4,7-8,13-15H,5-6,9-12,16H2,1H3,(H,27,30). The normalized spacial score (nSPS) is 14.7. The Morgan fingerprint density at radius 1 is 0.939 bits per heavy atom. The van der Waals surface area contributed by atoms with Gasteiger partial charge in [0.25, 0.3) is 0 Å². The molecule has 1 aromatic heterocycles. The summed E-state index contributed by atoms with van der Waals surface area (Å²) in [6.45, 7) is 1.40. The Morgan fingerprint density at radius 2 is 1.58 bits per heavy atom. The zero-order chi connectivity index (χ0) is 23.2. The van der Waals surface area contributed by atoms with Gasteiger partial charge in [0.1, 0.15) is 5.75 Å². The molecule has 3 aromatic rings. The highest BCUT2D eigenvalue weighted by Crippen LogP contribution is 2.38. The third kappa shape index (κ3) is 4.02. The van der Waals surface area contributed by atoms with Gasteiger partial charge in [-0.25, -0.2) is 8.42 Å². The quantitative estimate of drug-likeness (QED) is 0.558. The summed E-state index contributed by atoms with van der Waals surface area (Å²) >= 11 is 0. The van der Waals surface area contributed by atoms with Gasteiger partial charge in [-0.05, 0) is 73.3 Å². The molecule has 7 heteroatoms. The monoisotopic (exact) mass is 462 g/mol. The molecule has 1 heterocycles. The number of hydrogen-bond donors (Lipinski definition) is 1. The third-order valence-electron chi connectivity index (χ3n) is 6.64. The average molecular weight is 463 g/mol. The average Bonchev–Trinajstić information content (AvgIpc) is 3.52. The van der Waals surface area contributed by atoms with Gasteiger partial charge >= 0.3 is 0 Å². The highest BCUT2D eigenvalue weighted by atomic mass is 32.2. The number of hydrogen-bond acceptors (Lipinski definition) is 4. The molecule has 1 N–H and O–H groups in total. The lowest BCUT2D eigenvalue weighted by Crippen LogP contribution is -2.27. The first-order valence-electron chi connectivity index (χ1n) is 11.3. The van der Waals surface area contributed by atoms with E-state index in [-0.39, 0.29) is 5.78 Å². The zero-order valence-electron chi connectivity index (χ0n) is 18.6. The van der Waals surface area contributed by atoms with Crippen molar-refractivity contribution in [2.45, 2.75) is 45.4 Å². The van der Waals surface area contributed by atoms with E-state index in [1.54, 1.807) is 0 Å². The summed E-state index contributed by atoms with van der Waals surface area (Å²) in [5.74, 6) is -1.47. The minimum Gasteiger partial charge on any atom is -0.325 e. The molecule has 0 saturated carbocycles. The third-order valence-corrected chi connectivity index (χ3v) is 8.12. The highest BCUT2D eigenvalue weighted by Gasteiger charge is 2.27. The number of nitrogens with zero attached hydrogens (tertiary/aromatic N) is 1. The van der Waals surface area contributed by atoms with Crippen molar-refractivity contribution in [2.75, 3.05) is 11.1 Å². The molecule has 0 atom stereocenters. The maximum Gasteiger partial charge on any atom is 0.247 e. The van der Waals surface area contributed by atoms with Crippen LogP contribution in [0.3, 0.4) is 0 Å². The van der Waals surface area contributed by atoms with Crippen molar-refractivity contribution in [3.8, 4) is 11.1 Å². The fraction of sp³-hybridized carbons (Fsp3) is 0.308. The zero-order valence-corrected chi connectivity index (χ0v) is 19.4. The number of aryl methyl sites for hydroxylation is 2. The van der Waals surface area contributed by atoms with Crippen LogP contribution in [0.4, 0.5) is 5.69 Å². The maximum absolute atomic E-state index is 13.1. The topological polar surface area (TPSA) is 85.2 Å². The van der Waals surface area contributed by atoms with Crippen molar-refractivity contribution < 1.29 is 18.0 Å². The van der Waals surface area contributed by atoms with E-state index >= 15 is 0 Å². The second-order valence-corrected chi connectivity index (χ2v) is 10.8. The minimum absolute atomic E-state index is 0.234. The minimum atomic E-state index is -4.00. The van der Waals surface area contributed by atoms with E-state index in [9.17, 15) is 18.0 Å². The lowest BCUT2D eigenvalue weighted by atomic mass is 9.98.